The number of halogens is 1. The number of nitrogens with zero attached hydrogens (tertiary/aromatic N) is 2. The number of fused-ring (bicyclic) bond motifs is 1. The molecule has 0 radical (unpaired) electrons. The largest absolute Gasteiger partial charge is 0.440 e. The van der Waals surface area contributed by atoms with Gasteiger partial charge in [0.2, 0.25) is 17.6 Å². The molecule has 1 aliphatic carbocycles. The summed E-state index contributed by atoms with van der Waals surface area (Å²) in [5.74, 6) is -3.35. The van der Waals surface area contributed by atoms with Crippen LogP contribution < -0.4 is 21.3 Å². The fraction of sp³-hybridized carbons (Fsp3) is 0.611. The van der Waals surface area contributed by atoms with Crippen molar-refractivity contribution in [2.45, 2.75) is 130 Å². The lowest BCUT2D eigenvalue weighted by atomic mass is 9.85. The van der Waals surface area contributed by atoms with Crippen LogP contribution in [0.15, 0.2) is 29.8 Å². The average molecular weight is 699 g/mol. The molecule has 1 saturated heterocycles. The van der Waals surface area contributed by atoms with Crippen molar-refractivity contribution in [1.29, 1.82) is 0 Å². The molecule has 0 unspecified atom stereocenters. The van der Waals surface area contributed by atoms with Crippen molar-refractivity contribution < 1.29 is 37.9 Å². The summed E-state index contributed by atoms with van der Waals surface area (Å²) < 4.78 is 20.4. The normalized spacial score (nSPS) is 20.9. The van der Waals surface area contributed by atoms with Crippen molar-refractivity contribution in [1.82, 2.24) is 31.1 Å². The van der Waals surface area contributed by atoms with E-state index in [2.05, 4.69) is 21.3 Å². The summed E-state index contributed by atoms with van der Waals surface area (Å²) in [5.41, 5.74) is -0.109. The van der Waals surface area contributed by atoms with E-state index in [4.69, 9.17) is 4.74 Å². The van der Waals surface area contributed by atoms with Crippen LogP contribution in [0.5, 0.6) is 0 Å². The lowest BCUT2D eigenvalue weighted by Crippen LogP contribution is -2.61. The van der Waals surface area contributed by atoms with E-state index in [1.165, 1.54) is 15.9 Å². The van der Waals surface area contributed by atoms with Crippen LogP contribution in [0.1, 0.15) is 92.2 Å². The molecule has 6 amide bonds. The summed E-state index contributed by atoms with van der Waals surface area (Å²) >= 11 is 0. The standard InChI is InChI=1S/C36H51FN6O7/c1-9-12-25(28(44)31(46)38-21-15-16-21)39-30(45)27-22(10-2)26(50-34(49)42-17-20-13-11-14-24(37)23(20)18-42)19-43(27)32(47)29(35(3,4)5)40-33(48)41-36(6,7)8/h10-11,13-14,21,25-27,29H,9,12,15-19H2,1-8H3,(H,38,46)(H,39,45)(H2,40,41,48)/t25-,26-,27-,29+/m0/s1. The van der Waals surface area contributed by atoms with Gasteiger partial charge in [-0.25, -0.2) is 14.0 Å². The smallest absolute Gasteiger partial charge is 0.411 e. The summed E-state index contributed by atoms with van der Waals surface area (Å²) in [5, 5.41) is 10.9. The molecule has 0 aromatic heterocycles. The van der Waals surface area contributed by atoms with Gasteiger partial charge in [0.05, 0.1) is 19.1 Å². The van der Waals surface area contributed by atoms with Gasteiger partial charge in [-0.15, -0.1) is 0 Å². The van der Waals surface area contributed by atoms with E-state index < -0.39 is 76.6 Å². The van der Waals surface area contributed by atoms with Crippen LogP contribution in [-0.2, 0) is 37.0 Å². The van der Waals surface area contributed by atoms with Crippen LogP contribution in [0.2, 0.25) is 0 Å². The van der Waals surface area contributed by atoms with Crippen LogP contribution in [0.3, 0.4) is 0 Å². The Bertz CT molecular complexity index is 1540. The molecule has 274 valence electrons. The predicted molar refractivity (Wildman–Crippen MR) is 183 cm³/mol. The molecule has 1 saturated carbocycles. The monoisotopic (exact) mass is 698 g/mol. The molecule has 2 fully saturated rings. The Morgan fingerprint density at radius 1 is 1.02 bits per heavy atom. The summed E-state index contributed by atoms with van der Waals surface area (Å²) in [4.78, 5) is 83.6. The molecule has 0 spiro atoms. The zero-order chi connectivity index (χ0) is 37.1. The molecular weight excluding hydrogens is 647 g/mol. The SMILES string of the molecule is CC=C1[C@@H](C(=O)N[C@@H](CCC)C(=O)C(=O)NC2CC2)N(C(=O)[C@@H](NC(=O)NC(C)(C)C)C(C)(C)C)C[C@@H]1OC(=O)N1Cc2cccc(F)c2C1. The minimum absolute atomic E-state index is 0.00602. The van der Waals surface area contributed by atoms with E-state index in [9.17, 15) is 33.2 Å². The third kappa shape index (κ3) is 9.19. The molecular formula is C36H51FN6O7. The van der Waals surface area contributed by atoms with Gasteiger partial charge in [-0.3, -0.25) is 24.1 Å². The number of likely N-dealkylation sites (tertiary alicyclic amines) is 1. The Labute approximate surface area is 293 Å². The van der Waals surface area contributed by atoms with Gasteiger partial charge < -0.3 is 30.9 Å². The molecule has 50 heavy (non-hydrogen) atoms. The number of benzene rings is 1. The number of allylic oxidation sites excluding steroid dienone is 1. The van der Waals surface area contributed by atoms with Crippen molar-refractivity contribution >= 4 is 35.6 Å². The topological polar surface area (TPSA) is 166 Å². The number of carbonyl (C=O) groups is 6. The van der Waals surface area contributed by atoms with Crippen LogP contribution >= 0.6 is 0 Å². The molecule has 4 rings (SSSR count). The number of hydrogen-bond acceptors (Lipinski definition) is 7. The van der Waals surface area contributed by atoms with Crippen molar-refractivity contribution in [2.24, 2.45) is 5.41 Å². The van der Waals surface area contributed by atoms with E-state index in [1.807, 2.05) is 6.92 Å². The molecule has 4 N–H and O–H groups in total. The summed E-state index contributed by atoms with van der Waals surface area (Å²) in [6, 6.07) is 0.353. The van der Waals surface area contributed by atoms with Crippen molar-refractivity contribution in [3.63, 3.8) is 0 Å². The zero-order valence-electron chi connectivity index (χ0n) is 30.3. The Balaban J connectivity index is 1.64. The maximum atomic E-state index is 14.5. The zero-order valence-corrected chi connectivity index (χ0v) is 30.3. The molecule has 14 heteroatoms. The third-order valence-electron chi connectivity index (χ3n) is 8.88. The highest BCUT2D eigenvalue weighted by molar-refractivity contribution is 6.38. The van der Waals surface area contributed by atoms with Gasteiger partial charge in [0.25, 0.3) is 5.91 Å². The van der Waals surface area contributed by atoms with Gasteiger partial charge in [0.1, 0.15) is 24.0 Å². The van der Waals surface area contributed by atoms with Gasteiger partial charge in [-0.2, -0.15) is 0 Å². The number of nitrogens with one attached hydrogen (secondary N) is 4. The number of ketones is 1. The molecule has 4 atom stereocenters. The van der Waals surface area contributed by atoms with E-state index in [0.29, 0.717) is 17.5 Å². The maximum absolute atomic E-state index is 14.5. The second-order valence-electron chi connectivity index (χ2n) is 15.4. The van der Waals surface area contributed by atoms with E-state index in [-0.39, 0.29) is 37.7 Å². The van der Waals surface area contributed by atoms with Crippen molar-refractivity contribution in [2.75, 3.05) is 6.54 Å². The first-order valence-corrected chi connectivity index (χ1v) is 17.3. The number of carbonyl (C=O) groups excluding carboxylic acids is 6. The maximum Gasteiger partial charge on any atom is 0.411 e. The number of Topliss-reactive ketones (excluding diaryl/α,β-unsaturated/α-hetero) is 1. The molecule has 0 bridgehead atoms. The van der Waals surface area contributed by atoms with Gasteiger partial charge in [0.15, 0.2) is 0 Å². The van der Waals surface area contributed by atoms with Crippen LogP contribution in [0.4, 0.5) is 14.0 Å². The number of hydrogen-bond donors (Lipinski definition) is 4. The molecule has 1 aromatic carbocycles. The Kier molecular flexibility index (Phi) is 11.6. The van der Waals surface area contributed by atoms with Crippen LogP contribution in [0.25, 0.3) is 0 Å². The molecule has 3 aliphatic rings. The minimum Gasteiger partial charge on any atom is -0.440 e. The lowest BCUT2D eigenvalue weighted by Gasteiger charge is -2.36. The highest BCUT2D eigenvalue weighted by atomic mass is 19.1. The number of urea groups is 1. The summed E-state index contributed by atoms with van der Waals surface area (Å²) in [6.45, 7) is 14.0. The summed E-state index contributed by atoms with van der Waals surface area (Å²) in [6.07, 6.45) is 1.96. The van der Waals surface area contributed by atoms with E-state index in [0.717, 1.165) is 12.8 Å². The molecule has 2 heterocycles. The Hall–Kier alpha value is -4.49. The van der Waals surface area contributed by atoms with Crippen LogP contribution in [-0.4, -0.2) is 87.8 Å². The highest BCUT2D eigenvalue weighted by Crippen LogP contribution is 2.33. The Morgan fingerprint density at radius 2 is 1.70 bits per heavy atom. The van der Waals surface area contributed by atoms with Gasteiger partial charge >= 0.3 is 12.1 Å². The minimum atomic E-state index is -1.34. The van der Waals surface area contributed by atoms with Gasteiger partial charge in [-0.1, -0.05) is 52.3 Å². The van der Waals surface area contributed by atoms with Crippen LogP contribution in [0, 0.1) is 11.2 Å². The molecule has 2 aliphatic heterocycles. The number of rotatable bonds is 10. The second kappa shape index (κ2) is 15.2. The summed E-state index contributed by atoms with van der Waals surface area (Å²) in [7, 11) is 0. The Morgan fingerprint density at radius 3 is 2.26 bits per heavy atom. The first-order valence-electron chi connectivity index (χ1n) is 17.3. The van der Waals surface area contributed by atoms with Crippen molar-refractivity contribution in [3.8, 4) is 0 Å². The first kappa shape index (κ1) is 38.3. The van der Waals surface area contributed by atoms with E-state index >= 15 is 0 Å². The fourth-order valence-corrected chi connectivity index (χ4v) is 6.18. The molecule has 1 aromatic rings. The predicted octanol–water partition coefficient (Wildman–Crippen LogP) is 3.45. The number of ether oxygens (including phenoxy) is 1. The number of amides is 6. The molecule has 13 nitrogen and oxygen atoms in total. The fourth-order valence-electron chi connectivity index (χ4n) is 6.18. The third-order valence-corrected chi connectivity index (χ3v) is 8.88. The van der Waals surface area contributed by atoms with Crippen molar-refractivity contribution in [3.05, 3.63) is 46.8 Å². The quantitative estimate of drug-likeness (QED) is 0.215. The van der Waals surface area contributed by atoms with E-state index in [1.54, 1.807) is 66.7 Å². The highest BCUT2D eigenvalue weighted by Gasteiger charge is 2.50. The second-order valence-corrected chi connectivity index (χ2v) is 15.4. The van der Waals surface area contributed by atoms with Gasteiger partial charge in [-0.05, 0) is 69.6 Å². The lowest BCUT2D eigenvalue weighted by molar-refractivity contribution is -0.143. The average Bonchev–Trinajstić information content (AvgIpc) is 3.58. The first-order chi connectivity index (χ1) is 23.3. The van der Waals surface area contributed by atoms with Gasteiger partial charge in [0, 0.05) is 23.7 Å².